The second kappa shape index (κ2) is 7.14. The third-order valence-corrected chi connectivity index (χ3v) is 10.1. The second-order valence-corrected chi connectivity index (χ2v) is 12.4. The molecule has 8 heteroatoms. The van der Waals surface area contributed by atoms with Gasteiger partial charge in [-0.15, -0.1) is 0 Å². The van der Waals surface area contributed by atoms with Gasteiger partial charge in [-0.1, -0.05) is 26.8 Å². The maximum Gasteiger partial charge on any atom is 0.254 e. The Morgan fingerprint density at radius 1 is 1.15 bits per heavy atom. The number of piperidine rings is 1. The topological polar surface area (TPSA) is 86.4 Å². The van der Waals surface area contributed by atoms with E-state index in [2.05, 4.69) is 30.7 Å². The predicted molar refractivity (Wildman–Crippen MR) is 128 cm³/mol. The first-order chi connectivity index (χ1) is 15.5. The molecule has 7 nitrogen and oxygen atoms in total. The Morgan fingerprint density at radius 2 is 1.91 bits per heavy atom. The molecule has 2 aliphatic rings. The Kier molecular flexibility index (Phi) is 4.78. The average molecular weight is 467 g/mol. The Hall–Kier alpha value is -2.71. The number of hydrogen-bond acceptors (Lipinski definition) is 4. The highest BCUT2D eigenvalue weighted by Crippen LogP contribution is 2.56. The van der Waals surface area contributed by atoms with Gasteiger partial charge in [0, 0.05) is 37.7 Å². The first-order valence-electron chi connectivity index (χ1n) is 11.3. The summed E-state index contributed by atoms with van der Waals surface area (Å²) >= 11 is 0. The normalized spacial score (nSPS) is 24.2. The molecule has 1 aliphatic carbocycles. The molecule has 3 aromatic rings. The molecule has 5 rings (SSSR count). The van der Waals surface area contributed by atoms with Crippen LogP contribution in [-0.2, 0) is 21.9 Å². The number of nitrogens with zero attached hydrogens (tertiary/aromatic N) is 3. The van der Waals surface area contributed by atoms with E-state index in [0.29, 0.717) is 23.4 Å². The summed E-state index contributed by atoms with van der Waals surface area (Å²) < 4.78 is 26.8. The molecule has 1 amide bonds. The molecular formula is C25H30N4O3S. The number of amides is 1. The second-order valence-electron chi connectivity index (χ2n) is 10.3. The zero-order valence-electron chi connectivity index (χ0n) is 19.7. The minimum Gasteiger partial charge on any atom is -0.345 e. The molecule has 0 saturated carbocycles. The quantitative estimate of drug-likeness (QED) is 0.639. The summed E-state index contributed by atoms with van der Waals surface area (Å²) in [7, 11) is -0.434. The number of carbonyl (C=O) groups is 1. The number of fused-ring (bicyclic) bond motifs is 5. The number of hydrogen-bond donors (Lipinski definition) is 1. The Morgan fingerprint density at radius 3 is 2.64 bits per heavy atom. The first-order valence-corrected chi connectivity index (χ1v) is 12.7. The molecule has 2 atom stereocenters. The van der Waals surface area contributed by atoms with Crippen LogP contribution in [0.15, 0.2) is 47.6 Å². The monoisotopic (exact) mass is 466 g/mol. The predicted octanol–water partition coefficient (Wildman–Crippen LogP) is 3.57. The molecule has 2 bridgehead atoms. The van der Waals surface area contributed by atoms with Crippen LogP contribution in [0.3, 0.4) is 0 Å². The van der Waals surface area contributed by atoms with Crippen molar-refractivity contribution in [3.63, 3.8) is 0 Å². The Bertz CT molecular complexity index is 1380. The van der Waals surface area contributed by atoms with Crippen LogP contribution in [0.4, 0.5) is 0 Å². The van der Waals surface area contributed by atoms with E-state index in [0.717, 1.165) is 23.0 Å². The molecule has 0 radical (unpaired) electrons. The lowest BCUT2D eigenvalue weighted by molar-refractivity contribution is -0.0262. The molecule has 2 heterocycles. The number of rotatable bonds is 3. The van der Waals surface area contributed by atoms with Crippen molar-refractivity contribution in [3.8, 4) is 0 Å². The van der Waals surface area contributed by atoms with Crippen molar-refractivity contribution < 1.29 is 13.2 Å². The van der Waals surface area contributed by atoms with E-state index in [1.54, 1.807) is 26.5 Å². The van der Waals surface area contributed by atoms with Crippen LogP contribution in [0, 0.1) is 5.41 Å². The number of sulfonamides is 1. The third-order valence-electron chi connectivity index (χ3n) is 8.28. The van der Waals surface area contributed by atoms with Crippen molar-refractivity contribution in [2.24, 2.45) is 5.41 Å². The van der Waals surface area contributed by atoms with Crippen LogP contribution in [0.1, 0.15) is 48.7 Å². The van der Waals surface area contributed by atoms with Gasteiger partial charge in [-0.3, -0.25) is 4.79 Å². The van der Waals surface area contributed by atoms with Gasteiger partial charge < -0.3 is 9.88 Å². The maximum absolute atomic E-state index is 13.7. The van der Waals surface area contributed by atoms with Crippen molar-refractivity contribution in [1.82, 2.24) is 19.2 Å². The zero-order chi connectivity index (χ0) is 23.8. The average Bonchev–Trinajstić information content (AvgIpc) is 3.23. The lowest BCUT2D eigenvalue weighted by Gasteiger charge is -2.60. The Labute approximate surface area is 194 Å². The number of aromatic amines is 1. The largest absolute Gasteiger partial charge is 0.345 e. The highest BCUT2D eigenvalue weighted by atomic mass is 32.2. The maximum atomic E-state index is 13.7. The van der Waals surface area contributed by atoms with Crippen molar-refractivity contribution >= 4 is 27.0 Å². The smallest absolute Gasteiger partial charge is 0.254 e. The molecule has 33 heavy (non-hydrogen) atoms. The van der Waals surface area contributed by atoms with Crippen molar-refractivity contribution in [3.05, 3.63) is 59.4 Å². The molecule has 2 aromatic carbocycles. The highest BCUT2D eigenvalue weighted by molar-refractivity contribution is 7.89. The van der Waals surface area contributed by atoms with Gasteiger partial charge in [-0.25, -0.2) is 17.7 Å². The van der Waals surface area contributed by atoms with E-state index in [4.69, 9.17) is 0 Å². The minimum atomic E-state index is -3.53. The molecular weight excluding hydrogens is 436 g/mol. The summed E-state index contributed by atoms with van der Waals surface area (Å²) in [6, 6.07) is 11.1. The third kappa shape index (κ3) is 3.07. The fourth-order valence-electron chi connectivity index (χ4n) is 5.76. The van der Waals surface area contributed by atoms with Gasteiger partial charge in [0.1, 0.15) is 0 Å². The van der Waals surface area contributed by atoms with Gasteiger partial charge in [0.15, 0.2) is 0 Å². The molecule has 0 spiro atoms. The van der Waals surface area contributed by atoms with Crippen LogP contribution in [0.25, 0.3) is 11.0 Å². The molecule has 1 fully saturated rings. The van der Waals surface area contributed by atoms with E-state index in [1.807, 2.05) is 35.2 Å². The molecule has 1 saturated heterocycles. The summed E-state index contributed by atoms with van der Waals surface area (Å²) in [4.78, 5) is 23.3. The minimum absolute atomic E-state index is 0.00661. The fraction of sp³-hybridized carbons (Fsp3) is 0.440. The van der Waals surface area contributed by atoms with Gasteiger partial charge in [-0.05, 0) is 59.7 Å². The number of benzene rings is 2. The number of imidazole rings is 1. The number of H-pyrrole nitrogens is 1. The number of aromatic nitrogens is 2. The molecule has 1 aromatic heterocycles. The van der Waals surface area contributed by atoms with Gasteiger partial charge in [0.25, 0.3) is 5.91 Å². The summed E-state index contributed by atoms with van der Waals surface area (Å²) in [6.07, 6.45) is 3.08. The molecule has 0 unspecified atom stereocenters. The van der Waals surface area contributed by atoms with Crippen LogP contribution in [0.2, 0.25) is 0 Å². The van der Waals surface area contributed by atoms with Crippen molar-refractivity contribution in [2.75, 3.05) is 20.6 Å². The molecule has 174 valence electrons. The summed E-state index contributed by atoms with van der Waals surface area (Å²) in [6.45, 7) is 7.41. The van der Waals surface area contributed by atoms with Gasteiger partial charge in [-0.2, -0.15) is 0 Å². The highest BCUT2D eigenvalue weighted by Gasteiger charge is 2.57. The van der Waals surface area contributed by atoms with Crippen molar-refractivity contribution in [1.29, 1.82) is 0 Å². The molecule has 1 N–H and O–H groups in total. The van der Waals surface area contributed by atoms with Crippen LogP contribution >= 0.6 is 0 Å². The van der Waals surface area contributed by atoms with Crippen molar-refractivity contribution in [2.45, 2.75) is 50.0 Å². The molecule has 1 aliphatic heterocycles. The van der Waals surface area contributed by atoms with E-state index in [-0.39, 0.29) is 22.8 Å². The van der Waals surface area contributed by atoms with Gasteiger partial charge in [0.2, 0.25) is 10.0 Å². The van der Waals surface area contributed by atoms with Crippen LogP contribution < -0.4 is 0 Å². The summed E-state index contributed by atoms with van der Waals surface area (Å²) in [5.41, 5.74) is 4.21. The van der Waals surface area contributed by atoms with E-state index in [9.17, 15) is 13.2 Å². The van der Waals surface area contributed by atoms with Gasteiger partial charge >= 0.3 is 0 Å². The standard InChI is InChI=1S/C25H30N4O3S/c1-24(2)22-14-17-12-18(33(31,32)28(4)5)7-8-19(17)25(24,3)10-11-29(22)23(30)16-6-9-20-21(13-16)27-15-26-20/h6-9,12-13,15,22H,10-11,14H2,1-5H3,(H,26,27)/t22-,25+/m1/s1. The summed E-state index contributed by atoms with van der Waals surface area (Å²) in [5, 5.41) is 0. The van der Waals surface area contributed by atoms with E-state index >= 15 is 0 Å². The first kappa shape index (κ1) is 22.1. The van der Waals surface area contributed by atoms with Gasteiger partial charge in [0.05, 0.1) is 22.3 Å². The lowest BCUT2D eigenvalue weighted by atomic mass is 9.51. The SMILES string of the molecule is CN(C)S(=O)(=O)c1ccc2c(c1)C[C@H]1N(C(=O)c3ccc4nc[nH]c4c3)CC[C@]2(C)C1(C)C. The number of carbonyl (C=O) groups excluding carboxylic acids is 1. The van der Waals surface area contributed by atoms with Crippen LogP contribution in [0.5, 0.6) is 0 Å². The fourth-order valence-corrected chi connectivity index (χ4v) is 6.71. The lowest BCUT2D eigenvalue weighted by Crippen LogP contribution is -2.64. The number of likely N-dealkylation sites (tertiary alicyclic amines) is 1. The number of nitrogens with one attached hydrogen (secondary N) is 1. The zero-order valence-corrected chi connectivity index (χ0v) is 20.5. The summed E-state index contributed by atoms with van der Waals surface area (Å²) in [5.74, 6) is 0.00661. The van der Waals surface area contributed by atoms with E-state index in [1.165, 1.54) is 9.87 Å². The van der Waals surface area contributed by atoms with E-state index < -0.39 is 10.0 Å². The Balaban J connectivity index is 1.57. The van der Waals surface area contributed by atoms with Crippen LogP contribution in [-0.4, -0.2) is 60.2 Å².